The summed E-state index contributed by atoms with van der Waals surface area (Å²) in [5.41, 5.74) is 0. The molecular weight excluding hydrogens is 284 g/mol. The summed E-state index contributed by atoms with van der Waals surface area (Å²) in [7, 11) is -3.69. The zero-order valence-corrected chi connectivity index (χ0v) is 14.8. The van der Waals surface area contributed by atoms with Crippen molar-refractivity contribution in [3.05, 3.63) is 0 Å². The lowest BCUT2D eigenvalue weighted by Gasteiger charge is -2.33. The highest BCUT2D eigenvalue weighted by molar-refractivity contribution is 6.76. The Morgan fingerprint density at radius 2 is 1.58 bits per heavy atom. The quantitative estimate of drug-likeness (QED) is 0.454. The minimum absolute atomic E-state index is 0.187. The number of hydrogen-bond donors (Lipinski definition) is 0. The molecule has 0 radical (unpaired) electrons. The van der Waals surface area contributed by atoms with Gasteiger partial charge in [0.15, 0.2) is 0 Å². The Hall–Kier alpha value is -0.256. The molecular formula is C11H26O6Si2. The number of esters is 1. The first kappa shape index (κ1) is 18.7. The van der Waals surface area contributed by atoms with E-state index in [1.165, 1.54) is 7.11 Å². The van der Waals surface area contributed by atoms with E-state index in [2.05, 4.69) is 4.74 Å². The summed E-state index contributed by atoms with van der Waals surface area (Å²) in [6, 6.07) is 0. The second-order valence-electron chi connectivity index (χ2n) is 4.40. The van der Waals surface area contributed by atoms with Gasteiger partial charge in [-0.2, -0.15) is 0 Å². The van der Waals surface area contributed by atoms with Gasteiger partial charge >= 0.3 is 23.3 Å². The average Bonchev–Trinajstić information content (AvgIpc) is 2.27. The van der Waals surface area contributed by atoms with Crippen LogP contribution < -0.4 is 0 Å². The van der Waals surface area contributed by atoms with Gasteiger partial charge in [-0.3, -0.25) is 4.79 Å². The first-order chi connectivity index (χ1) is 8.78. The third-order valence-electron chi connectivity index (χ3n) is 2.23. The van der Waals surface area contributed by atoms with E-state index in [-0.39, 0.29) is 19.0 Å². The van der Waals surface area contributed by atoms with Crippen molar-refractivity contribution >= 4 is 23.3 Å². The van der Waals surface area contributed by atoms with Crippen molar-refractivity contribution < 1.29 is 26.9 Å². The van der Waals surface area contributed by atoms with Crippen molar-refractivity contribution in [3.8, 4) is 0 Å². The van der Waals surface area contributed by atoms with Crippen molar-refractivity contribution in [2.75, 3.05) is 26.9 Å². The number of methoxy groups -OCH3 is 1. The second kappa shape index (κ2) is 8.82. The van der Waals surface area contributed by atoms with Crippen LogP contribution in [0.3, 0.4) is 0 Å². The van der Waals surface area contributed by atoms with Gasteiger partial charge in [-0.1, -0.05) is 0 Å². The summed E-state index contributed by atoms with van der Waals surface area (Å²) in [4.78, 5) is 11.1. The van der Waals surface area contributed by atoms with Crippen LogP contribution in [0.4, 0.5) is 0 Å². The van der Waals surface area contributed by atoms with Crippen molar-refractivity contribution in [1.29, 1.82) is 0 Å². The van der Waals surface area contributed by atoms with Gasteiger partial charge in [-0.05, 0) is 26.9 Å². The van der Waals surface area contributed by atoms with E-state index in [9.17, 15) is 4.79 Å². The molecule has 6 nitrogen and oxygen atoms in total. The highest BCUT2D eigenvalue weighted by Gasteiger charge is 2.42. The molecule has 114 valence electrons. The van der Waals surface area contributed by atoms with Crippen LogP contribution in [-0.4, -0.2) is 50.3 Å². The topological polar surface area (TPSA) is 63.2 Å². The fourth-order valence-electron chi connectivity index (χ4n) is 1.61. The summed E-state index contributed by atoms with van der Waals surface area (Å²) in [5.74, 6) is -0.311. The van der Waals surface area contributed by atoms with Crippen LogP contribution in [-0.2, 0) is 26.9 Å². The zero-order valence-electron chi connectivity index (χ0n) is 12.8. The van der Waals surface area contributed by atoms with Crippen LogP contribution in [0, 0.1) is 0 Å². The third kappa shape index (κ3) is 8.50. The number of hydrogen-bond acceptors (Lipinski definition) is 6. The van der Waals surface area contributed by atoms with Gasteiger partial charge in [0.25, 0.3) is 0 Å². The molecule has 0 aromatic heterocycles. The molecule has 0 aliphatic rings. The molecule has 0 amide bonds. The first-order valence-corrected chi connectivity index (χ1v) is 11.5. The molecule has 0 rings (SSSR count). The van der Waals surface area contributed by atoms with Crippen LogP contribution in [0.15, 0.2) is 0 Å². The van der Waals surface area contributed by atoms with Gasteiger partial charge in [0.2, 0.25) is 0 Å². The van der Waals surface area contributed by atoms with E-state index in [0.717, 1.165) is 0 Å². The van der Waals surface area contributed by atoms with Gasteiger partial charge in [0.1, 0.15) is 0 Å². The zero-order chi connectivity index (χ0) is 14.9. The summed E-state index contributed by atoms with van der Waals surface area (Å²) in [6.45, 7) is 10.8. The highest BCUT2D eigenvalue weighted by atomic mass is 28.5. The maximum atomic E-state index is 11.1. The predicted molar refractivity (Wildman–Crippen MR) is 76.0 cm³/mol. The van der Waals surface area contributed by atoms with Gasteiger partial charge in [0.05, 0.1) is 13.5 Å². The van der Waals surface area contributed by atoms with Crippen LogP contribution in [0.5, 0.6) is 0 Å². The Balaban J connectivity index is 4.44. The minimum atomic E-state index is -2.77. The van der Waals surface area contributed by atoms with E-state index in [1.54, 1.807) is 0 Å². The lowest BCUT2D eigenvalue weighted by Crippen LogP contribution is -2.52. The van der Waals surface area contributed by atoms with Crippen molar-refractivity contribution in [2.24, 2.45) is 0 Å². The minimum Gasteiger partial charge on any atom is -0.469 e. The molecule has 0 aliphatic carbocycles. The number of ether oxygens (including phenoxy) is 1. The van der Waals surface area contributed by atoms with E-state index in [1.807, 2.05) is 33.5 Å². The molecule has 0 saturated carbocycles. The number of rotatable bonds is 10. The molecule has 0 bridgehead atoms. The lowest BCUT2D eigenvalue weighted by molar-refractivity contribution is -0.141. The van der Waals surface area contributed by atoms with E-state index >= 15 is 0 Å². The maximum Gasteiger partial charge on any atom is 0.488 e. The molecule has 0 spiro atoms. The molecule has 1 atom stereocenters. The van der Waals surface area contributed by atoms with E-state index in [0.29, 0.717) is 13.2 Å². The van der Waals surface area contributed by atoms with Crippen LogP contribution in [0.25, 0.3) is 0 Å². The molecule has 0 aliphatic heterocycles. The Bertz CT molecular complexity index is 274. The largest absolute Gasteiger partial charge is 0.488 e. The number of carbonyl (C=O) groups excluding carboxylic acids is 1. The molecule has 1 unspecified atom stereocenters. The molecule has 0 aromatic rings. The summed E-state index contributed by atoms with van der Waals surface area (Å²) >= 11 is 0. The van der Waals surface area contributed by atoms with Crippen molar-refractivity contribution in [3.63, 3.8) is 0 Å². The standard InChI is InChI=1S/C11H26O6Si2/c1-7-14-18(4,5)17-19(6,15-8-2)16-10-9-11(12)13-3/h7-10H2,1-6H3. The Kier molecular flexibility index (Phi) is 8.70. The molecule has 0 fully saturated rings. The molecule has 0 aromatic carbocycles. The molecule has 0 N–H and O–H groups in total. The highest BCUT2D eigenvalue weighted by Crippen LogP contribution is 2.18. The molecule has 0 saturated heterocycles. The fourth-order valence-corrected chi connectivity index (χ4v) is 7.66. The van der Waals surface area contributed by atoms with Crippen LogP contribution in [0.1, 0.15) is 20.3 Å². The van der Waals surface area contributed by atoms with Crippen LogP contribution in [0.2, 0.25) is 19.6 Å². The van der Waals surface area contributed by atoms with Crippen molar-refractivity contribution in [1.82, 2.24) is 0 Å². The van der Waals surface area contributed by atoms with Gasteiger partial charge in [-0.15, -0.1) is 0 Å². The first-order valence-electron chi connectivity index (χ1n) is 6.47. The summed E-state index contributed by atoms with van der Waals surface area (Å²) < 4.78 is 27.5. The molecule has 19 heavy (non-hydrogen) atoms. The Labute approximate surface area is 117 Å². The third-order valence-corrected chi connectivity index (χ3v) is 8.20. The van der Waals surface area contributed by atoms with Gasteiger partial charge in [0, 0.05) is 26.4 Å². The van der Waals surface area contributed by atoms with E-state index in [4.69, 9.17) is 17.4 Å². The molecule has 0 heterocycles. The van der Waals surface area contributed by atoms with Gasteiger partial charge < -0.3 is 22.1 Å². The summed E-state index contributed by atoms with van der Waals surface area (Å²) in [5, 5.41) is 0. The maximum absolute atomic E-state index is 11.1. The fraction of sp³-hybridized carbons (Fsp3) is 0.909. The normalized spacial score (nSPS) is 15.1. The SMILES string of the molecule is CCO[Si](C)(C)O[Si](C)(OCC)OCCC(=O)OC. The predicted octanol–water partition coefficient (Wildman–Crippen LogP) is 1.93. The number of carbonyl (C=O) groups is 1. The summed E-state index contributed by atoms with van der Waals surface area (Å²) in [6.07, 6.45) is 0.187. The average molecular weight is 310 g/mol. The lowest BCUT2D eigenvalue weighted by atomic mass is 10.5. The Morgan fingerprint density at radius 1 is 1.00 bits per heavy atom. The van der Waals surface area contributed by atoms with Crippen LogP contribution >= 0.6 is 0 Å². The monoisotopic (exact) mass is 310 g/mol. The molecule has 8 heteroatoms. The Morgan fingerprint density at radius 3 is 2.05 bits per heavy atom. The second-order valence-corrected chi connectivity index (χ2v) is 10.6. The van der Waals surface area contributed by atoms with Crippen molar-refractivity contribution in [2.45, 2.75) is 39.9 Å². The van der Waals surface area contributed by atoms with E-state index < -0.39 is 17.4 Å². The smallest absolute Gasteiger partial charge is 0.469 e. The van der Waals surface area contributed by atoms with Gasteiger partial charge in [-0.25, -0.2) is 0 Å².